The first-order valence-electron chi connectivity index (χ1n) is 7.05. The van der Waals surface area contributed by atoms with Gasteiger partial charge in [-0.15, -0.1) is 11.8 Å². The lowest BCUT2D eigenvalue weighted by molar-refractivity contribution is -0.140. The Hall–Kier alpha value is -1.53. The number of carbonyl (C=O) groups is 2. The van der Waals surface area contributed by atoms with Gasteiger partial charge in [-0.3, -0.25) is 4.79 Å². The minimum absolute atomic E-state index is 0.222. The first kappa shape index (κ1) is 18.5. The summed E-state index contributed by atoms with van der Waals surface area (Å²) in [6.45, 7) is 5.97. The maximum absolute atomic E-state index is 12.3. The number of aliphatic carboxylic acids is 1. The van der Waals surface area contributed by atoms with Gasteiger partial charge in [-0.1, -0.05) is 12.1 Å². The Morgan fingerprint density at radius 3 is 2.50 bits per heavy atom. The number of hydrogen-bond donors (Lipinski definition) is 2. The van der Waals surface area contributed by atoms with Crippen molar-refractivity contribution in [2.45, 2.75) is 43.7 Å². The molecule has 0 spiro atoms. The van der Waals surface area contributed by atoms with Crippen LogP contribution in [0.2, 0.25) is 0 Å². The summed E-state index contributed by atoms with van der Waals surface area (Å²) < 4.78 is 5.52. The summed E-state index contributed by atoms with van der Waals surface area (Å²) in [7, 11) is 0. The van der Waals surface area contributed by atoms with Crippen LogP contribution in [0.15, 0.2) is 29.2 Å². The second-order valence-corrected chi connectivity index (χ2v) is 6.66. The summed E-state index contributed by atoms with van der Waals surface area (Å²) in [5.41, 5.74) is 0.149. The molecule has 22 heavy (non-hydrogen) atoms. The molecule has 0 bridgehead atoms. The van der Waals surface area contributed by atoms with E-state index in [1.54, 1.807) is 12.1 Å². The zero-order valence-electron chi connectivity index (χ0n) is 13.4. The number of nitrogens with one attached hydrogen (secondary N) is 1. The van der Waals surface area contributed by atoms with Gasteiger partial charge in [0.15, 0.2) is 0 Å². The Bertz CT molecular complexity index is 525. The van der Waals surface area contributed by atoms with Crippen LogP contribution in [0.4, 0.5) is 0 Å². The smallest absolute Gasteiger partial charge is 0.326 e. The lowest BCUT2D eigenvalue weighted by Gasteiger charge is -2.21. The monoisotopic (exact) mass is 325 g/mol. The predicted octanol–water partition coefficient (Wildman–Crippen LogP) is 2.80. The third kappa shape index (κ3) is 6.07. The standard InChI is InChI=1S/C16H23NO4S/c1-16(2,3)21-10-9-12(15(19)20)17-14(18)11-7-5-6-8-13(11)22-4/h5-8,12H,9-10H2,1-4H3,(H,17,18)(H,19,20). The van der Waals surface area contributed by atoms with Crippen LogP contribution in [0.1, 0.15) is 37.6 Å². The summed E-state index contributed by atoms with van der Waals surface area (Å²) in [4.78, 5) is 24.4. The second-order valence-electron chi connectivity index (χ2n) is 5.81. The van der Waals surface area contributed by atoms with E-state index >= 15 is 0 Å². The Kier molecular flexibility index (Phi) is 6.90. The number of hydrogen-bond acceptors (Lipinski definition) is 4. The zero-order chi connectivity index (χ0) is 16.8. The fourth-order valence-corrected chi connectivity index (χ4v) is 2.40. The summed E-state index contributed by atoms with van der Waals surface area (Å²) in [5, 5.41) is 11.8. The first-order valence-corrected chi connectivity index (χ1v) is 8.27. The van der Waals surface area contributed by atoms with E-state index in [9.17, 15) is 14.7 Å². The first-order chi connectivity index (χ1) is 10.2. The van der Waals surface area contributed by atoms with Gasteiger partial charge in [-0.05, 0) is 39.2 Å². The summed E-state index contributed by atoms with van der Waals surface area (Å²) in [6.07, 6.45) is 2.09. The van der Waals surface area contributed by atoms with E-state index in [1.807, 2.05) is 39.2 Å². The SMILES string of the molecule is CSc1ccccc1C(=O)NC(CCOC(C)(C)C)C(=O)O. The lowest BCUT2D eigenvalue weighted by Crippen LogP contribution is -2.42. The number of benzene rings is 1. The zero-order valence-corrected chi connectivity index (χ0v) is 14.2. The number of rotatable bonds is 7. The molecule has 6 heteroatoms. The molecule has 1 aromatic rings. The Balaban J connectivity index is 2.70. The highest BCUT2D eigenvalue weighted by molar-refractivity contribution is 7.98. The number of amides is 1. The molecule has 1 amide bonds. The van der Waals surface area contributed by atoms with E-state index in [-0.39, 0.29) is 24.5 Å². The molecule has 0 aliphatic rings. The minimum Gasteiger partial charge on any atom is -0.480 e. The number of carbonyl (C=O) groups excluding carboxylic acids is 1. The van der Waals surface area contributed by atoms with E-state index in [2.05, 4.69) is 5.32 Å². The fraction of sp³-hybridized carbons (Fsp3) is 0.500. The number of thioether (sulfide) groups is 1. The minimum atomic E-state index is -1.06. The lowest BCUT2D eigenvalue weighted by atomic mass is 10.1. The van der Waals surface area contributed by atoms with Crippen LogP contribution in [0.5, 0.6) is 0 Å². The molecule has 0 fully saturated rings. The molecule has 1 unspecified atom stereocenters. The normalized spacial score (nSPS) is 12.7. The molecule has 0 aromatic heterocycles. The quantitative estimate of drug-likeness (QED) is 0.754. The van der Waals surface area contributed by atoms with Gasteiger partial charge in [0.05, 0.1) is 11.2 Å². The molecule has 122 valence electrons. The Labute approximate surface area is 135 Å². The molecule has 2 N–H and O–H groups in total. The maximum Gasteiger partial charge on any atom is 0.326 e. The van der Waals surface area contributed by atoms with Gasteiger partial charge < -0.3 is 15.2 Å². The highest BCUT2D eigenvalue weighted by atomic mass is 32.2. The van der Waals surface area contributed by atoms with Gasteiger partial charge in [0.25, 0.3) is 5.91 Å². The predicted molar refractivity (Wildman–Crippen MR) is 87.4 cm³/mol. The van der Waals surface area contributed by atoms with E-state index < -0.39 is 12.0 Å². The van der Waals surface area contributed by atoms with Gasteiger partial charge in [-0.2, -0.15) is 0 Å². The van der Waals surface area contributed by atoms with Crippen molar-refractivity contribution in [2.75, 3.05) is 12.9 Å². The second kappa shape index (κ2) is 8.19. The highest BCUT2D eigenvalue weighted by Gasteiger charge is 2.22. The number of carboxylic acids is 1. The van der Waals surface area contributed by atoms with Crippen molar-refractivity contribution in [2.24, 2.45) is 0 Å². The van der Waals surface area contributed by atoms with Crippen LogP contribution in [-0.2, 0) is 9.53 Å². The van der Waals surface area contributed by atoms with Gasteiger partial charge in [0.2, 0.25) is 0 Å². The van der Waals surface area contributed by atoms with Crippen molar-refractivity contribution in [1.82, 2.24) is 5.32 Å². The van der Waals surface area contributed by atoms with E-state index in [4.69, 9.17) is 4.74 Å². The van der Waals surface area contributed by atoms with Gasteiger partial charge in [0.1, 0.15) is 6.04 Å². The van der Waals surface area contributed by atoms with Crippen LogP contribution in [-0.4, -0.2) is 41.5 Å². The van der Waals surface area contributed by atoms with Crippen LogP contribution >= 0.6 is 11.8 Å². The molecule has 0 saturated carbocycles. The van der Waals surface area contributed by atoms with Crippen molar-refractivity contribution in [3.8, 4) is 0 Å². The van der Waals surface area contributed by atoms with Crippen molar-refractivity contribution >= 4 is 23.6 Å². The Morgan fingerprint density at radius 2 is 1.95 bits per heavy atom. The van der Waals surface area contributed by atoms with E-state index in [0.29, 0.717) is 5.56 Å². The van der Waals surface area contributed by atoms with E-state index in [1.165, 1.54) is 11.8 Å². The van der Waals surface area contributed by atoms with E-state index in [0.717, 1.165) is 4.90 Å². The third-order valence-corrected chi connectivity index (χ3v) is 3.69. The largest absolute Gasteiger partial charge is 0.480 e. The molecule has 5 nitrogen and oxygen atoms in total. The molecule has 0 aliphatic heterocycles. The number of ether oxygens (including phenoxy) is 1. The average Bonchev–Trinajstić information content (AvgIpc) is 2.44. The van der Waals surface area contributed by atoms with Crippen molar-refractivity contribution in [3.05, 3.63) is 29.8 Å². The highest BCUT2D eigenvalue weighted by Crippen LogP contribution is 2.20. The Morgan fingerprint density at radius 1 is 1.32 bits per heavy atom. The average molecular weight is 325 g/mol. The van der Waals surface area contributed by atoms with Crippen LogP contribution in [0.3, 0.4) is 0 Å². The van der Waals surface area contributed by atoms with Crippen molar-refractivity contribution in [3.63, 3.8) is 0 Å². The van der Waals surface area contributed by atoms with Crippen molar-refractivity contribution < 1.29 is 19.4 Å². The summed E-state index contributed by atoms with van der Waals surface area (Å²) in [5.74, 6) is -1.44. The summed E-state index contributed by atoms with van der Waals surface area (Å²) in [6, 6.07) is 6.15. The molecule has 1 rings (SSSR count). The van der Waals surface area contributed by atoms with Crippen LogP contribution < -0.4 is 5.32 Å². The molecular formula is C16H23NO4S. The molecule has 0 saturated heterocycles. The fourth-order valence-electron chi connectivity index (χ4n) is 1.81. The van der Waals surface area contributed by atoms with Gasteiger partial charge in [0, 0.05) is 17.9 Å². The number of carboxylic acid groups (broad SMARTS) is 1. The molecule has 1 atom stereocenters. The van der Waals surface area contributed by atoms with Gasteiger partial charge in [-0.25, -0.2) is 4.79 Å². The molecule has 0 aliphatic carbocycles. The maximum atomic E-state index is 12.3. The van der Waals surface area contributed by atoms with Crippen molar-refractivity contribution in [1.29, 1.82) is 0 Å². The topological polar surface area (TPSA) is 75.6 Å². The van der Waals surface area contributed by atoms with Crippen LogP contribution in [0, 0.1) is 0 Å². The molecule has 0 heterocycles. The summed E-state index contributed by atoms with van der Waals surface area (Å²) >= 11 is 1.45. The third-order valence-electron chi connectivity index (χ3n) is 2.90. The van der Waals surface area contributed by atoms with Crippen LogP contribution in [0.25, 0.3) is 0 Å². The molecule has 0 radical (unpaired) electrons. The molecular weight excluding hydrogens is 302 g/mol. The van der Waals surface area contributed by atoms with Gasteiger partial charge >= 0.3 is 5.97 Å². The molecule has 1 aromatic carbocycles.